The van der Waals surface area contributed by atoms with Crippen LogP contribution in [0.3, 0.4) is 0 Å². The maximum absolute atomic E-state index is 12.0. The third kappa shape index (κ3) is 2.77. The second-order valence-corrected chi connectivity index (χ2v) is 6.74. The molecule has 0 aliphatic carbocycles. The standard InChI is InChI=1S/C22H22N2O2/c1-2-3-5-15-8-9-17-20(12-15)24(13-16-10-11-26-14-16)19-7-4-6-18(21(17)19)22(23)25/h4,6-12,14H,2-3,5,13H2,1H3,(H2,23,25). The molecular formula is C22H22N2O2. The van der Waals surface area contributed by atoms with E-state index in [0.29, 0.717) is 12.1 Å². The third-order valence-electron chi connectivity index (χ3n) is 4.96. The van der Waals surface area contributed by atoms with Crippen LogP contribution in [0.4, 0.5) is 0 Å². The molecule has 0 atom stereocenters. The number of primary amides is 1. The molecule has 2 heterocycles. The fourth-order valence-corrected chi connectivity index (χ4v) is 3.67. The topological polar surface area (TPSA) is 61.2 Å². The average molecular weight is 346 g/mol. The molecule has 0 fully saturated rings. The number of aromatic nitrogens is 1. The first-order valence-electron chi connectivity index (χ1n) is 9.03. The van der Waals surface area contributed by atoms with E-state index in [2.05, 4.69) is 29.7 Å². The van der Waals surface area contributed by atoms with E-state index in [4.69, 9.17) is 10.2 Å². The second-order valence-electron chi connectivity index (χ2n) is 6.74. The highest BCUT2D eigenvalue weighted by molar-refractivity contribution is 6.17. The van der Waals surface area contributed by atoms with Gasteiger partial charge in [-0.05, 0) is 42.7 Å². The van der Waals surface area contributed by atoms with Gasteiger partial charge in [-0.2, -0.15) is 0 Å². The van der Waals surface area contributed by atoms with Crippen LogP contribution in [-0.4, -0.2) is 10.5 Å². The van der Waals surface area contributed by atoms with Crippen molar-refractivity contribution in [1.29, 1.82) is 0 Å². The van der Waals surface area contributed by atoms with E-state index in [1.54, 1.807) is 18.6 Å². The molecule has 0 unspecified atom stereocenters. The van der Waals surface area contributed by atoms with Crippen LogP contribution in [0.15, 0.2) is 59.4 Å². The van der Waals surface area contributed by atoms with E-state index < -0.39 is 5.91 Å². The third-order valence-corrected chi connectivity index (χ3v) is 4.96. The SMILES string of the molecule is CCCCc1ccc2c3c(C(N)=O)cccc3n(Cc3ccoc3)c2c1. The first-order valence-corrected chi connectivity index (χ1v) is 9.03. The molecule has 0 saturated heterocycles. The van der Waals surface area contributed by atoms with E-state index >= 15 is 0 Å². The molecule has 0 aliphatic heterocycles. The minimum atomic E-state index is -0.395. The number of rotatable bonds is 6. The Kier molecular flexibility index (Phi) is 4.25. The van der Waals surface area contributed by atoms with Crippen LogP contribution in [0.2, 0.25) is 0 Å². The van der Waals surface area contributed by atoms with E-state index in [0.717, 1.165) is 33.8 Å². The maximum atomic E-state index is 12.0. The Labute approximate surface area is 152 Å². The Bertz CT molecular complexity index is 1070. The van der Waals surface area contributed by atoms with Crippen molar-refractivity contribution in [1.82, 2.24) is 4.57 Å². The average Bonchev–Trinajstić information content (AvgIpc) is 3.27. The van der Waals surface area contributed by atoms with Gasteiger partial charge in [0.1, 0.15) is 0 Å². The number of fused-ring (bicyclic) bond motifs is 3. The first kappa shape index (κ1) is 16.5. The summed E-state index contributed by atoms with van der Waals surface area (Å²) in [6.45, 7) is 2.89. The van der Waals surface area contributed by atoms with Gasteiger partial charge in [0.15, 0.2) is 0 Å². The zero-order valence-corrected chi connectivity index (χ0v) is 14.9. The fourth-order valence-electron chi connectivity index (χ4n) is 3.67. The lowest BCUT2D eigenvalue weighted by molar-refractivity contribution is 0.100. The van der Waals surface area contributed by atoms with Gasteiger partial charge in [-0.1, -0.05) is 31.5 Å². The van der Waals surface area contributed by atoms with Gasteiger partial charge in [0.05, 0.1) is 24.6 Å². The highest BCUT2D eigenvalue weighted by Gasteiger charge is 2.17. The Balaban J connectivity index is 1.99. The highest BCUT2D eigenvalue weighted by atomic mass is 16.3. The van der Waals surface area contributed by atoms with Crippen LogP contribution in [0.1, 0.15) is 41.3 Å². The Morgan fingerprint density at radius 3 is 2.73 bits per heavy atom. The summed E-state index contributed by atoms with van der Waals surface area (Å²) in [5, 5.41) is 2.00. The summed E-state index contributed by atoms with van der Waals surface area (Å²) in [5.41, 5.74) is 10.8. The summed E-state index contributed by atoms with van der Waals surface area (Å²) in [5.74, 6) is -0.395. The van der Waals surface area contributed by atoms with Gasteiger partial charge in [-0.3, -0.25) is 4.79 Å². The van der Waals surface area contributed by atoms with Gasteiger partial charge in [0.2, 0.25) is 5.91 Å². The molecule has 4 aromatic rings. The summed E-state index contributed by atoms with van der Waals surface area (Å²) < 4.78 is 7.49. The van der Waals surface area contributed by atoms with Crippen LogP contribution in [0.25, 0.3) is 21.8 Å². The minimum absolute atomic E-state index is 0.395. The van der Waals surface area contributed by atoms with E-state index in [1.807, 2.05) is 18.2 Å². The lowest BCUT2D eigenvalue weighted by atomic mass is 10.0. The Morgan fingerprint density at radius 1 is 1.12 bits per heavy atom. The number of nitrogens with zero attached hydrogens (tertiary/aromatic N) is 1. The van der Waals surface area contributed by atoms with E-state index in [-0.39, 0.29) is 0 Å². The van der Waals surface area contributed by atoms with Crippen LogP contribution < -0.4 is 5.73 Å². The zero-order chi connectivity index (χ0) is 18.1. The number of carbonyl (C=O) groups excluding carboxylic acids is 1. The molecule has 4 rings (SSSR count). The van der Waals surface area contributed by atoms with Crippen molar-refractivity contribution in [3.63, 3.8) is 0 Å². The molecule has 0 radical (unpaired) electrons. The van der Waals surface area contributed by atoms with Gasteiger partial charge in [-0.15, -0.1) is 0 Å². The second kappa shape index (κ2) is 6.71. The predicted molar refractivity (Wildman–Crippen MR) is 104 cm³/mol. The zero-order valence-electron chi connectivity index (χ0n) is 14.9. The molecule has 0 spiro atoms. The summed E-state index contributed by atoms with van der Waals surface area (Å²) in [6.07, 6.45) is 6.84. The molecule has 0 bridgehead atoms. The Hall–Kier alpha value is -3.01. The van der Waals surface area contributed by atoms with Gasteiger partial charge < -0.3 is 14.7 Å². The number of hydrogen-bond donors (Lipinski definition) is 1. The molecule has 1 amide bonds. The van der Waals surface area contributed by atoms with Crippen molar-refractivity contribution in [2.45, 2.75) is 32.7 Å². The minimum Gasteiger partial charge on any atom is -0.472 e. The maximum Gasteiger partial charge on any atom is 0.249 e. The summed E-state index contributed by atoms with van der Waals surface area (Å²) in [4.78, 5) is 12.0. The number of hydrogen-bond acceptors (Lipinski definition) is 2. The quantitative estimate of drug-likeness (QED) is 0.541. The molecular weight excluding hydrogens is 324 g/mol. The number of unbranched alkanes of at least 4 members (excludes halogenated alkanes) is 1. The lowest BCUT2D eigenvalue weighted by Crippen LogP contribution is -2.11. The van der Waals surface area contributed by atoms with Crippen molar-refractivity contribution in [2.75, 3.05) is 0 Å². The van der Waals surface area contributed by atoms with Crippen LogP contribution >= 0.6 is 0 Å². The van der Waals surface area contributed by atoms with Crippen LogP contribution in [0, 0.1) is 0 Å². The number of benzene rings is 2. The van der Waals surface area contributed by atoms with Crippen molar-refractivity contribution >= 4 is 27.7 Å². The summed E-state index contributed by atoms with van der Waals surface area (Å²) >= 11 is 0. The number of furan rings is 1. The van der Waals surface area contributed by atoms with Gasteiger partial charge in [0, 0.05) is 27.4 Å². The number of amides is 1. The van der Waals surface area contributed by atoms with Crippen molar-refractivity contribution in [3.8, 4) is 0 Å². The van der Waals surface area contributed by atoms with Crippen LogP contribution in [-0.2, 0) is 13.0 Å². The monoisotopic (exact) mass is 346 g/mol. The molecule has 2 aromatic heterocycles. The molecule has 2 N–H and O–H groups in total. The molecule has 0 saturated carbocycles. The van der Waals surface area contributed by atoms with E-state index in [9.17, 15) is 4.79 Å². The lowest BCUT2D eigenvalue weighted by Gasteiger charge is -2.07. The van der Waals surface area contributed by atoms with E-state index in [1.165, 1.54) is 18.4 Å². The van der Waals surface area contributed by atoms with Crippen LogP contribution in [0.5, 0.6) is 0 Å². The van der Waals surface area contributed by atoms with Gasteiger partial charge in [0.25, 0.3) is 0 Å². The Morgan fingerprint density at radius 2 is 2.00 bits per heavy atom. The molecule has 4 nitrogen and oxygen atoms in total. The molecule has 132 valence electrons. The molecule has 4 heteroatoms. The van der Waals surface area contributed by atoms with Crippen molar-refractivity contribution in [3.05, 3.63) is 71.7 Å². The fraction of sp³-hybridized carbons (Fsp3) is 0.227. The number of aryl methyl sites for hydroxylation is 1. The van der Waals surface area contributed by atoms with Gasteiger partial charge >= 0.3 is 0 Å². The normalized spacial score (nSPS) is 11.4. The summed E-state index contributed by atoms with van der Waals surface area (Å²) in [7, 11) is 0. The number of carbonyl (C=O) groups is 1. The van der Waals surface area contributed by atoms with Crippen molar-refractivity contribution in [2.24, 2.45) is 5.73 Å². The first-order chi connectivity index (χ1) is 12.7. The molecule has 0 aliphatic rings. The summed E-state index contributed by atoms with van der Waals surface area (Å²) in [6, 6.07) is 14.3. The molecule has 26 heavy (non-hydrogen) atoms. The van der Waals surface area contributed by atoms with Crippen molar-refractivity contribution < 1.29 is 9.21 Å². The largest absolute Gasteiger partial charge is 0.472 e. The highest BCUT2D eigenvalue weighted by Crippen LogP contribution is 2.33. The smallest absolute Gasteiger partial charge is 0.249 e. The molecule has 2 aromatic carbocycles. The predicted octanol–water partition coefficient (Wildman–Crippen LogP) is 4.88. The number of nitrogens with two attached hydrogens (primary N) is 1. The van der Waals surface area contributed by atoms with Gasteiger partial charge in [-0.25, -0.2) is 0 Å².